The molecule has 1 aliphatic carbocycles. The van der Waals surface area contributed by atoms with Crippen LogP contribution in [0.25, 0.3) is 10.9 Å². The van der Waals surface area contributed by atoms with Gasteiger partial charge in [0.2, 0.25) is 0 Å². The Morgan fingerprint density at radius 2 is 1.91 bits per heavy atom. The molecule has 0 bridgehead atoms. The van der Waals surface area contributed by atoms with E-state index in [4.69, 9.17) is 11.6 Å². The average Bonchev–Trinajstić information content (AvgIpc) is 3.53. The number of halogens is 4. The van der Waals surface area contributed by atoms with E-state index >= 15 is 0 Å². The van der Waals surface area contributed by atoms with E-state index in [2.05, 4.69) is 14.8 Å². The van der Waals surface area contributed by atoms with E-state index in [9.17, 15) is 22.2 Å². The van der Waals surface area contributed by atoms with Crippen LogP contribution in [-0.2, 0) is 29.7 Å². The lowest BCUT2D eigenvalue weighted by Crippen LogP contribution is -2.49. The maximum Gasteiger partial charge on any atom is 0.434 e. The van der Waals surface area contributed by atoms with Gasteiger partial charge in [-0.2, -0.15) is 18.3 Å². The minimum atomic E-state index is -4.72. The molecular weight excluding hydrogens is 503 g/mol. The normalized spacial score (nSPS) is 17.5. The Balaban J connectivity index is 2.00. The van der Waals surface area contributed by atoms with Crippen molar-refractivity contribution in [2.75, 3.05) is 0 Å². The molecule has 0 amide bonds. The molecule has 3 aromatic heterocycles. The van der Waals surface area contributed by atoms with Crippen LogP contribution in [0.15, 0.2) is 29.3 Å². The second-order valence-electron chi connectivity index (χ2n) is 9.79. The first-order chi connectivity index (χ1) is 16.2. The Hall–Kier alpha value is -2.24. The van der Waals surface area contributed by atoms with Crippen LogP contribution in [0.4, 0.5) is 13.2 Å². The van der Waals surface area contributed by atoms with Gasteiger partial charge in [0, 0.05) is 30.9 Å². The fourth-order valence-corrected chi connectivity index (χ4v) is 5.48. The summed E-state index contributed by atoms with van der Waals surface area (Å²) in [6.45, 7) is 7.15. The molecule has 0 radical (unpaired) electrons. The van der Waals surface area contributed by atoms with Gasteiger partial charge in [0.05, 0.1) is 32.0 Å². The predicted molar refractivity (Wildman–Crippen MR) is 130 cm³/mol. The van der Waals surface area contributed by atoms with Crippen LogP contribution in [-0.4, -0.2) is 28.3 Å². The molecule has 3 aromatic rings. The van der Waals surface area contributed by atoms with Crippen LogP contribution in [0.3, 0.4) is 0 Å². The van der Waals surface area contributed by atoms with Gasteiger partial charge in [-0.05, 0) is 57.7 Å². The Morgan fingerprint density at radius 1 is 1.26 bits per heavy atom. The molecule has 2 atom stereocenters. The first kappa shape index (κ1) is 25.8. The maximum absolute atomic E-state index is 13.4. The first-order valence-corrected chi connectivity index (χ1v) is 12.7. The first-order valence-electron chi connectivity index (χ1n) is 11.2. The maximum atomic E-state index is 13.4. The summed E-state index contributed by atoms with van der Waals surface area (Å²) in [6, 6.07) is 3.12. The summed E-state index contributed by atoms with van der Waals surface area (Å²) in [5, 5.41) is 4.43. The molecule has 1 N–H and O–H groups in total. The number of nitrogens with one attached hydrogen (secondary N) is 1. The van der Waals surface area contributed by atoms with Crippen LogP contribution < -0.4 is 10.3 Å². The van der Waals surface area contributed by atoms with Crippen LogP contribution in [0, 0.1) is 0 Å². The predicted octanol–water partition coefficient (Wildman–Crippen LogP) is 4.84. The summed E-state index contributed by atoms with van der Waals surface area (Å²) in [6.07, 6.45) is 0.192. The molecule has 0 spiro atoms. The molecule has 35 heavy (non-hydrogen) atoms. The van der Waals surface area contributed by atoms with Gasteiger partial charge < -0.3 is 4.57 Å². The zero-order valence-corrected chi connectivity index (χ0v) is 21.6. The third kappa shape index (κ3) is 4.53. The average molecular weight is 530 g/mol. The molecule has 0 saturated heterocycles. The molecule has 0 aromatic carbocycles. The highest BCUT2D eigenvalue weighted by Crippen LogP contribution is 2.41. The van der Waals surface area contributed by atoms with Gasteiger partial charge in [-0.3, -0.25) is 9.48 Å². The van der Waals surface area contributed by atoms with Crippen LogP contribution in [0.1, 0.15) is 70.0 Å². The van der Waals surface area contributed by atoms with Crippen molar-refractivity contribution in [2.24, 2.45) is 7.05 Å². The highest BCUT2D eigenvalue weighted by atomic mass is 35.5. The fraction of sp³-hybridized carbons (Fsp3) is 0.522. The van der Waals surface area contributed by atoms with E-state index in [-0.39, 0.29) is 29.1 Å². The fourth-order valence-electron chi connectivity index (χ4n) is 4.23. The van der Waals surface area contributed by atoms with Crippen LogP contribution >= 0.6 is 11.6 Å². The van der Waals surface area contributed by atoms with Gasteiger partial charge in [0.15, 0.2) is 11.2 Å². The molecule has 7 nitrogen and oxygen atoms in total. The highest BCUT2D eigenvalue weighted by Gasteiger charge is 2.43. The Labute approximate surface area is 208 Å². The SMILES string of the molecule is CCC(NS(=O)C(C)(C)C)(c1cnc(C(F)(F)F)c(Cl)c1)c1c2ccn(C3CC3)c(=O)c2nn1C. The van der Waals surface area contributed by atoms with Crippen LogP contribution in [0.2, 0.25) is 5.02 Å². The summed E-state index contributed by atoms with van der Waals surface area (Å²) < 4.78 is 59.1. The third-order valence-corrected chi connectivity index (χ3v) is 8.16. The molecule has 1 saturated carbocycles. The molecule has 0 aliphatic heterocycles. The van der Waals surface area contributed by atoms with E-state index in [1.54, 1.807) is 44.6 Å². The summed E-state index contributed by atoms with van der Waals surface area (Å²) >= 11 is 6.05. The van der Waals surface area contributed by atoms with Crippen LogP contribution in [0.5, 0.6) is 0 Å². The summed E-state index contributed by atoms with van der Waals surface area (Å²) in [7, 11) is 0.00767. The van der Waals surface area contributed by atoms with Gasteiger partial charge in [0.25, 0.3) is 5.56 Å². The van der Waals surface area contributed by atoms with E-state index < -0.39 is 38.2 Å². The van der Waals surface area contributed by atoms with Gasteiger partial charge in [-0.15, -0.1) is 0 Å². The zero-order chi connectivity index (χ0) is 25.9. The molecule has 3 heterocycles. The van der Waals surface area contributed by atoms with Crippen molar-refractivity contribution < 1.29 is 17.4 Å². The number of hydrogen-bond acceptors (Lipinski definition) is 4. The van der Waals surface area contributed by atoms with Gasteiger partial charge in [-0.1, -0.05) is 18.5 Å². The second-order valence-corrected chi connectivity index (χ2v) is 12.2. The van der Waals surface area contributed by atoms with Crippen molar-refractivity contribution in [3.63, 3.8) is 0 Å². The zero-order valence-electron chi connectivity index (χ0n) is 20.0. The van der Waals surface area contributed by atoms with E-state index in [0.29, 0.717) is 11.1 Å². The standard InChI is InChI=1S/C23H27ClF3N5O2S/c1-6-22(30-35(34)21(2,3)4,13-11-16(24)18(28-12-13)23(25,26)27)19-15-9-10-32(14-7-8-14)20(33)17(15)29-31(19)5/h9-12,14,30H,6-8H2,1-5H3. The Morgan fingerprint density at radius 3 is 2.43 bits per heavy atom. The minimum Gasteiger partial charge on any atom is -0.311 e. The summed E-state index contributed by atoms with van der Waals surface area (Å²) in [4.78, 5) is 16.8. The number of rotatable bonds is 6. The molecule has 190 valence electrons. The minimum absolute atomic E-state index is 0.151. The number of alkyl halides is 3. The van der Waals surface area contributed by atoms with Gasteiger partial charge in [-0.25, -0.2) is 13.9 Å². The monoisotopic (exact) mass is 529 g/mol. The number of pyridine rings is 2. The Kier molecular flexibility index (Phi) is 6.43. The van der Waals surface area contributed by atoms with Crippen molar-refractivity contribution >= 4 is 33.5 Å². The smallest absolute Gasteiger partial charge is 0.311 e. The van der Waals surface area contributed by atoms with E-state index in [1.165, 1.54) is 10.7 Å². The number of aromatic nitrogens is 4. The van der Waals surface area contributed by atoms with Gasteiger partial charge >= 0.3 is 6.18 Å². The molecular formula is C23H27ClF3N5O2S. The third-order valence-electron chi connectivity index (χ3n) is 6.22. The van der Waals surface area contributed by atoms with E-state index in [0.717, 1.165) is 19.0 Å². The number of aryl methyl sites for hydroxylation is 1. The quantitative estimate of drug-likeness (QED) is 0.495. The number of hydrogen-bond donors (Lipinski definition) is 1. The molecule has 2 unspecified atom stereocenters. The highest BCUT2D eigenvalue weighted by molar-refractivity contribution is 7.84. The van der Waals surface area contributed by atoms with E-state index in [1.807, 2.05) is 6.92 Å². The molecule has 1 fully saturated rings. The van der Waals surface area contributed by atoms with Crippen molar-refractivity contribution in [1.29, 1.82) is 0 Å². The van der Waals surface area contributed by atoms with Gasteiger partial charge in [0.1, 0.15) is 0 Å². The van der Waals surface area contributed by atoms with Crippen molar-refractivity contribution in [3.05, 3.63) is 56.9 Å². The molecule has 4 rings (SSSR count). The topological polar surface area (TPSA) is 81.8 Å². The molecule has 1 aliphatic rings. The lowest BCUT2D eigenvalue weighted by Gasteiger charge is -2.36. The largest absolute Gasteiger partial charge is 0.434 e. The summed E-state index contributed by atoms with van der Waals surface area (Å²) in [5.74, 6) is 0. The lowest BCUT2D eigenvalue weighted by molar-refractivity contribution is -0.141. The number of fused-ring (bicyclic) bond motifs is 1. The van der Waals surface area contributed by atoms with Crippen molar-refractivity contribution in [2.45, 2.75) is 69.5 Å². The lowest BCUT2D eigenvalue weighted by atomic mass is 9.84. The Bertz CT molecular complexity index is 1370. The second kappa shape index (κ2) is 8.70. The number of nitrogens with zero attached hydrogens (tertiary/aromatic N) is 4. The van der Waals surface area contributed by atoms with Crippen molar-refractivity contribution in [1.82, 2.24) is 24.1 Å². The summed E-state index contributed by atoms with van der Waals surface area (Å²) in [5.41, 5.74) is -1.73. The van der Waals surface area contributed by atoms with Crippen molar-refractivity contribution in [3.8, 4) is 0 Å². The molecule has 12 heteroatoms.